The van der Waals surface area contributed by atoms with Crippen LogP contribution < -0.4 is 10.4 Å². The Balaban J connectivity index is 2.00. The highest BCUT2D eigenvalue weighted by Crippen LogP contribution is 2.16. The molecule has 1 N–H and O–H groups in total. The summed E-state index contributed by atoms with van der Waals surface area (Å²) in [6.07, 6.45) is 0.415. The van der Waals surface area contributed by atoms with E-state index in [1.54, 1.807) is 17.5 Å². The third kappa shape index (κ3) is 5.66. The molecule has 0 saturated carbocycles. The summed E-state index contributed by atoms with van der Waals surface area (Å²) in [6, 6.07) is 7.19. The number of aryl methyl sites for hydroxylation is 1. The van der Waals surface area contributed by atoms with Crippen molar-refractivity contribution < 1.29 is 19.5 Å². The molecule has 7 nitrogen and oxygen atoms in total. The number of anilines is 1. The summed E-state index contributed by atoms with van der Waals surface area (Å²) in [7, 11) is 0. The highest BCUT2D eigenvalue weighted by atomic mass is 32.1. The van der Waals surface area contributed by atoms with Crippen LogP contribution in [0.1, 0.15) is 35.0 Å². The number of nitrogens with zero attached hydrogens (tertiary/aromatic N) is 2. The van der Waals surface area contributed by atoms with Gasteiger partial charge in [0.1, 0.15) is 6.54 Å². The Bertz CT molecular complexity index is 786. The lowest BCUT2D eigenvalue weighted by molar-refractivity contribution is -0.304. The molecular formula is C18H20N3O4S-. The van der Waals surface area contributed by atoms with Gasteiger partial charge in [0.15, 0.2) is 5.13 Å². The standard InChI is InChI=1S/C18H21N3O4S/c1-3-8-21(17(25)13-6-4-12(2)5-7-13)10-15(22)20-18-19-14(11-26-18)9-16(23)24/h4-7,11H,3,8-10H2,1-2H3,(H,23,24)(H,19,20,22)/p-1. The van der Waals surface area contributed by atoms with Gasteiger partial charge in [0.2, 0.25) is 5.91 Å². The molecule has 138 valence electrons. The molecule has 26 heavy (non-hydrogen) atoms. The van der Waals surface area contributed by atoms with Crippen molar-refractivity contribution in [3.8, 4) is 0 Å². The normalized spacial score (nSPS) is 10.4. The molecule has 0 fully saturated rings. The van der Waals surface area contributed by atoms with Crippen LogP contribution in [0.5, 0.6) is 0 Å². The molecule has 0 bridgehead atoms. The lowest BCUT2D eigenvalue weighted by atomic mass is 10.1. The first-order valence-corrected chi connectivity index (χ1v) is 9.07. The van der Waals surface area contributed by atoms with Crippen LogP contribution in [0.4, 0.5) is 5.13 Å². The molecule has 1 aromatic heterocycles. The van der Waals surface area contributed by atoms with Crippen molar-refractivity contribution in [2.45, 2.75) is 26.7 Å². The minimum atomic E-state index is -1.23. The molecule has 2 aromatic rings. The second-order valence-corrected chi connectivity index (χ2v) is 6.69. The topological polar surface area (TPSA) is 102 Å². The van der Waals surface area contributed by atoms with Gasteiger partial charge in [-0.15, -0.1) is 11.3 Å². The monoisotopic (exact) mass is 374 g/mol. The summed E-state index contributed by atoms with van der Waals surface area (Å²) >= 11 is 1.13. The number of hydrogen-bond donors (Lipinski definition) is 1. The predicted molar refractivity (Wildman–Crippen MR) is 96.8 cm³/mol. The first-order valence-electron chi connectivity index (χ1n) is 8.19. The van der Waals surface area contributed by atoms with E-state index in [2.05, 4.69) is 10.3 Å². The molecule has 0 radical (unpaired) electrons. The fourth-order valence-electron chi connectivity index (χ4n) is 2.33. The van der Waals surface area contributed by atoms with E-state index in [1.165, 1.54) is 4.90 Å². The van der Waals surface area contributed by atoms with Crippen molar-refractivity contribution in [3.05, 3.63) is 46.5 Å². The van der Waals surface area contributed by atoms with Gasteiger partial charge in [0.25, 0.3) is 5.91 Å². The zero-order valence-electron chi connectivity index (χ0n) is 14.7. The average Bonchev–Trinajstić information content (AvgIpc) is 3.00. The Kier molecular flexibility index (Phi) is 6.85. The Morgan fingerprint density at radius 3 is 2.54 bits per heavy atom. The summed E-state index contributed by atoms with van der Waals surface area (Å²) in [5.41, 5.74) is 1.91. The van der Waals surface area contributed by atoms with Crippen LogP contribution in [-0.4, -0.2) is 40.8 Å². The fraction of sp³-hybridized carbons (Fsp3) is 0.333. The third-order valence-electron chi connectivity index (χ3n) is 3.54. The number of benzene rings is 1. The highest BCUT2D eigenvalue weighted by Gasteiger charge is 2.18. The molecule has 0 aliphatic heterocycles. The minimum Gasteiger partial charge on any atom is -0.550 e. The van der Waals surface area contributed by atoms with Crippen molar-refractivity contribution in [2.75, 3.05) is 18.4 Å². The number of nitrogens with one attached hydrogen (secondary N) is 1. The van der Waals surface area contributed by atoms with E-state index < -0.39 is 5.97 Å². The Morgan fingerprint density at radius 1 is 1.23 bits per heavy atom. The van der Waals surface area contributed by atoms with Crippen LogP contribution in [0.3, 0.4) is 0 Å². The molecular weight excluding hydrogens is 354 g/mol. The fourth-order valence-corrected chi connectivity index (χ4v) is 3.05. The number of amides is 2. The van der Waals surface area contributed by atoms with Gasteiger partial charge in [-0.3, -0.25) is 9.59 Å². The zero-order chi connectivity index (χ0) is 19.1. The van der Waals surface area contributed by atoms with Gasteiger partial charge < -0.3 is 20.1 Å². The maximum absolute atomic E-state index is 12.6. The van der Waals surface area contributed by atoms with Crippen LogP contribution in [0.25, 0.3) is 0 Å². The molecule has 1 aromatic carbocycles. The minimum absolute atomic E-state index is 0.101. The quantitative estimate of drug-likeness (QED) is 0.749. The summed E-state index contributed by atoms with van der Waals surface area (Å²) in [6.45, 7) is 4.22. The SMILES string of the molecule is CCCN(CC(=O)Nc1nc(CC(=O)[O-])cs1)C(=O)c1ccc(C)cc1. The molecule has 0 atom stereocenters. The van der Waals surface area contributed by atoms with E-state index >= 15 is 0 Å². The molecule has 2 rings (SSSR count). The smallest absolute Gasteiger partial charge is 0.254 e. The van der Waals surface area contributed by atoms with Crippen LogP contribution >= 0.6 is 11.3 Å². The van der Waals surface area contributed by atoms with Gasteiger partial charge in [0.05, 0.1) is 5.69 Å². The van der Waals surface area contributed by atoms with E-state index in [-0.39, 0.29) is 24.8 Å². The van der Waals surface area contributed by atoms with E-state index in [0.717, 1.165) is 23.3 Å². The first kappa shape index (κ1) is 19.6. The van der Waals surface area contributed by atoms with Crippen LogP contribution in [0, 0.1) is 6.92 Å². The molecule has 0 aliphatic carbocycles. The van der Waals surface area contributed by atoms with Crippen LogP contribution in [-0.2, 0) is 16.0 Å². The van der Waals surface area contributed by atoms with E-state index in [9.17, 15) is 19.5 Å². The van der Waals surface area contributed by atoms with Crippen LogP contribution in [0.2, 0.25) is 0 Å². The molecule has 1 heterocycles. The van der Waals surface area contributed by atoms with Gasteiger partial charge in [-0.2, -0.15) is 0 Å². The van der Waals surface area contributed by atoms with Crippen molar-refractivity contribution in [2.24, 2.45) is 0 Å². The molecule has 8 heteroatoms. The van der Waals surface area contributed by atoms with Gasteiger partial charge in [0, 0.05) is 29.9 Å². The van der Waals surface area contributed by atoms with Crippen molar-refractivity contribution in [3.63, 3.8) is 0 Å². The van der Waals surface area contributed by atoms with Gasteiger partial charge in [-0.25, -0.2) is 4.98 Å². The number of carbonyl (C=O) groups is 3. The molecule has 0 saturated heterocycles. The van der Waals surface area contributed by atoms with Gasteiger partial charge >= 0.3 is 0 Å². The van der Waals surface area contributed by atoms with E-state index in [1.807, 2.05) is 26.0 Å². The molecule has 0 unspecified atom stereocenters. The van der Waals surface area contributed by atoms with Crippen molar-refractivity contribution in [1.29, 1.82) is 0 Å². The number of aromatic nitrogens is 1. The summed E-state index contributed by atoms with van der Waals surface area (Å²) in [4.78, 5) is 40.9. The zero-order valence-corrected chi connectivity index (χ0v) is 15.5. The summed E-state index contributed by atoms with van der Waals surface area (Å²) < 4.78 is 0. The van der Waals surface area contributed by atoms with E-state index in [4.69, 9.17) is 0 Å². The lowest BCUT2D eigenvalue weighted by Crippen LogP contribution is -2.38. The Morgan fingerprint density at radius 2 is 1.92 bits per heavy atom. The second-order valence-electron chi connectivity index (χ2n) is 5.83. The average molecular weight is 374 g/mol. The highest BCUT2D eigenvalue weighted by molar-refractivity contribution is 7.13. The molecule has 2 amide bonds. The number of aliphatic carboxylic acids is 1. The number of thiazole rings is 1. The maximum Gasteiger partial charge on any atom is 0.254 e. The molecule has 0 aliphatic rings. The number of carboxylic acids is 1. The van der Waals surface area contributed by atoms with Gasteiger partial charge in [-0.05, 0) is 25.5 Å². The van der Waals surface area contributed by atoms with Crippen LogP contribution in [0.15, 0.2) is 29.6 Å². The maximum atomic E-state index is 12.6. The first-order chi connectivity index (χ1) is 12.4. The second kappa shape index (κ2) is 9.10. The van der Waals surface area contributed by atoms with Crippen molar-refractivity contribution >= 4 is 34.3 Å². The number of carboxylic acid groups (broad SMARTS) is 1. The summed E-state index contributed by atoms with van der Waals surface area (Å²) in [5.74, 6) is -1.82. The third-order valence-corrected chi connectivity index (χ3v) is 4.34. The predicted octanol–water partition coefficient (Wildman–Crippen LogP) is 1.23. The Labute approximate surface area is 155 Å². The number of hydrogen-bond acceptors (Lipinski definition) is 6. The van der Waals surface area contributed by atoms with Crippen molar-refractivity contribution in [1.82, 2.24) is 9.88 Å². The van der Waals surface area contributed by atoms with Gasteiger partial charge in [-0.1, -0.05) is 24.6 Å². The molecule has 0 spiro atoms. The number of rotatable bonds is 8. The largest absolute Gasteiger partial charge is 0.550 e. The lowest BCUT2D eigenvalue weighted by Gasteiger charge is -2.21. The summed E-state index contributed by atoms with van der Waals surface area (Å²) in [5, 5.41) is 15.0. The Hall–Kier alpha value is -2.74. The number of carbonyl (C=O) groups excluding carboxylic acids is 3. The van der Waals surface area contributed by atoms with E-state index in [0.29, 0.717) is 22.9 Å².